The predicted octanol–water partition coefficient (Wildman–Crippen LogP) is 0.499. The van der Waals surface area contributed by atoms with E-state index in [9.17, 15) is 10.2 Å². The van der Waals surface area contributed by atoms with Crippen LogP contribution in [0.25, 0.3) is 0 Å². The van der Waals surface area contributed by atoms with Gasteiger partial charge in [0.1, 0.15) is 0 Å². The van der Waals surface area contributed by atoms with Crippen LogP contribution < -0.4 is 5.32 Å². The summed E-state index contributed by atoms with van der Waals surface area (Å²) in [5.41, 5.74) is -0.594. The first-order valence-corrected chi connectivity index (χ1v) is 6.37. The summed E-state index contributed by atoms with van der Waals surface area (Å²) in [6, 6.07) is 0. The molecule has 5 nitrogen and oxygen atoms in total. The third-order valence-electron chi connectivity index (χ3n) is 2.87. The maximum Gasteiger partial charge on any atom is 0.158 e. The molecule has 0 heterocycles. The second kappa shape index (κ2) is 9.79. The number of aliphatic hydroxyl groups excluding tert-OH is 2. The number of hydrogen-bond donors (Lipinski definition) is 3. The van der Waals surface area contributed by atoms with Crippen molar-refractivity contribution >= 4 is 0 Å². The van der Waals surface area contributed by atoms with E-state index in [1.54, 1.807) is 0 Å². The summed E-state index contributed by atoms with van der Waals surface area (Å²) in [4.78, 5) is 0. The van der Waals surface area contributed by atoms with Gasteiger partial charge < -0.3 is 25.0 Å². The Morgan fingerprint density at radius 1 is 1.06 bits per heavy atom. The van der Waals surface area contributed by atoms with Gasteiger partial charge in [-0.15, -0.1) is 0 Å². The second-order valence-electron chi connectivity index (χ2n) is 4.01. The molecule has 0 saturated carbocycles. The fourth-order valence-electron chi connectivity index (χ4n) is 1.55. The van der Waals surface area contributed by atoms with Gasteiger partial charge in [-0.05, 0) is 20.3 Å². The van der Waals surface area contributed by atoms with Gasteiger partial charge >= 0.3 is 0 Å². The Balaban J connectivity index is 3.99. The van der Waals surface area contributed by atoms with E-state index in [0.717, 1.165) is 0 Å². The van der Waals surface area contributed by atoms with E-state index in [0.29, 0.717) is 32.6 Å². The molecule has 0 aromatic rings. The lowest BCUT2D eigenvalue weighted by molar-refractivity contribution is -0.139. The Kier molecular flexibility index (Phi) is 9.68. The first kappa shape index (κ1) is 16.8. The Bertz CT molecular complexity index is 160. The number of rotatable bonds is 11. The molecule has 0 saturated heterocycles. The zero-order valence-corrected chi connectivity index (χ0v) is 11.2. The summed E-state index contributed by atoms with van der Waals surface area (Å²) in [5, 5.41) is 21.7. The van der Waals surface area contributed by atoms with Crippen LogP contribution >= 0.6 is 0 Å². The summed E-state index contributed by atoms with van der Waals surface area (Å²) in [6.45, 7) is 7.51. The van der Waals surface area contributed by atoms with Gasteiger partial charge in [0.05, 0.1) is 18.8 Å². The molecule has 0 fully saturated rings. The van der Waals surface area contributed by atoms with E-state index >= 15 is 0 Å². The lowest BCUT2D eigenvalue weighted by Gasteiger charge is -2.30. The maximum absolute atomic E-state index is 9.26. The smallest absolute Gasteiger partial charge is 0.158 e. The van der Waals surface area contributed by atoms with Crippen molar-refractivity contribution in [1.82, 2.24) is 5.32 Å². The molecule has 0 unspecified atom stereocenters. The third kappa shape index (κ3) is 6.33. The van der Waals surface area contributed by atoms with Crippen LogP contribution in [0.2, 0.25) is 0 Å². The molecule has 0 aliphatic rings. The van der Waals surface area contributed by atoms with Gasteiger partial charge in [-0.3, -0.25) is 0 Å². The zero-order chi connectivity index (χ0) is 13.1. The minimum Gasteiger partial charge on any atom is -0.394 e. The molecule has 0 amide bonds. The first-order chi connectivity index (χ1) is 8.17. The van der Waals surface area contributed by atoms with Gasteiger partial charge in [0.15, 0.2) is 6.29 Å². The van der Waals surface area contributed by atoms with Crippen molar-refractivity contribution in [2.45, 2.75) is 45.4 Å². The molecule has 0 rings (SSSR count). The molecule has 0 radical (unpaired) electrons. The predicted molar refractivity (Wildman–Crippen MR) is 66.9 cm³/mol. The molecule has 0 spiro atoms. The van der Waals surface area contributed by atoms with Crippen LogP contribution in [0, 0.1) is 0 Å². The Labute approximate surface area is 104 Å². The van der Waals surface area contributed by atoms with Crippen molar-refractivity contribution in [2.75, 3.05) is 33.0 Å². The first-order valence-electron chi connectivity index (χ1n) is 6.37. The van der Waals surface area contributed by atoms with E-state index in [2.05, 4.69) is 5.32 Å². The molecular weight excluding hydrogens is 222 g/mol. The topological polar surface area (TPSA) is 71.0 Å². The van der Waals surface area contributed by atoms with Gasteiger partial charge in [0.2, 0.25) is 0 Å². The molecule has 0 atom stereocenters. The van der Waals surface area contributed by atoms with Crippen molar-refractivity contribution in [1.29, 1.82) is 0 Å². The van der Waals surface area contributed by atoms with E-state index < -0.39 is 5.54 Å². The summed E-state index contributed by atoms with van der Waals surface area (Å²) >= 11 is 0. The van der Waals surface area contributed by atoms with Gasteiger partial charge in [-0.25, -0.2) is 0 Å². The average molecular weight is 249 g/mol. The summed E-state index contributed by atoms with van der Waals surface area (Å²) in [6.07, 6.45) is 1.15. The highest BCUT2D eigenvalue weighted by Gasteiger charge is 2.25. The fraction of sp³-hybridized carbons (Fsp3) is 1.00. The monoisotopic (exact) mass is 249 g/mol. The summed E-state index contributed by atoms with van der Waals surface area (Å²) in [5.74, 6) is 0. The maximum atomic E-state index is 9.26. The minimum atomic E-state index is -0.594. The highest BCUT2D eigenvalue weighted by atomic mass is 16.7. The van der Waals surface area contributed by atoms with E-state index in [1.807, 2.05) is 20.8 Å². The lowest BCUT2D eigenvalue weighted by Crippen LogP contribution is -2.52. The second-order valence-corrected chi connectivity index (χ2v) is 4.01. The highest BCUT2D eigenvalue weighted by Crippen LogP contribution is 2.09. The molecule has 0 aliphatic carbocycles. The molecule has 5 heteroatoms. The summed E-state index contributed by atoms with van der Waals surface area (Å²) in [7, 11) is 0. The third-order valence-corrected chi connectivity index (χ3v) is 2.87. The molecule has 104 valence electrons. The molecule has 0 aromatic heterocycles. The van der Waals surface area contributed by atoms with E-state index in [1.165, 1.54) is 0 Å². The van der Waals surface area contributed by atoms with E-state index in [-0.39, 0.29) is 19.5 Å². The Hall–Kier alpha value is -0.200. The standard InChI is InChI=1S/C12H27NO4/c1-4-12(9-14,10-15)13-8-7-11(16-5-2)17-6-3/h11,13-15H,4-10H2,1-3H3. The van der Waals surface area contributed by atoms with Crippen molar-refractivity contribution < 1.29 is 19.7 Å². The molecule has 0 bridgehead atoms. The number of hydrogen-bond acceptors (Lipinski definition) is 5. The molecule has 17 heavy (non-hydrogen) atoms. The van der Waals surface area contributed by atoms with Gasteiger partial charge in [0.25, 0.3) is 0 Å². The van der Waals surface area contributed by atoms with Gasteiger partial charge in [0, 0.05) is 26.2 Å². The van der Waals surface area contributed by atoms with Crippen LogP contribution in [0.5, 0.6) is 0 Å². The van der Waals surface area contributed by atoms with E-state index in [4.69, 9.17) is 9.47 Å². The largest absolute Gasteiger partial charge is 0.394 e. The van der Waals surface area contributed by atoms with Crippen molar-refractivity contribution in [3.8, 4) is 0 Å². The van der Waals surface area contributed by atoms with Gasteiger partial charge in [-0.2, -0.15) is 0 Å². The van der Waals surface area contributed by atoms with Crippen LogP contribution in [0.3, 0.4) is 0 Å². The molecule has 0 aromatic carbocycles. The molecular formula is C12H27NO4. The van der Waals surface area contributed by atoms with Crippen LogP contribution in [0.4, 0.5) is 0 Å². The molecule has 0 aliphatic heterocycles. The quantitative estimate of drug-likeness (QED) is 0.465. The summed E-state index contributed by atoms with van der Waals surface area (Å²) < 4.78 is 10.8. The fourth-order valence-corrected chi connectivity index (χ4v) is 1.55. The van der Waals surface area contributed by atoms with Gasteiger partial charge in [-0.1, -0.05) is 6.92 Å². The van der Waals surface area contributed by atoms with Crippen molar-refractivity contribution in [3.05, 3.63) is 0 Å². The van der Waals surface area contributed by atoms with Crippen LogP contribution in [-0.2, 0) is 9.47 Å². The number of nitrogens with one attached hydrogen (secondary N) is 1. The normalized spacial score (nSPS) is 12.4. The Morgan fingerprint density at radius 2 is 1.59 bits per heavy atom. The van der Waals surface area contributed by atoms with Crippen LogP contribution in [0.1, 0.15) is 33.6 Å². The SMILES string of the molecule is CCOC(CCNC(CC)(CO)CO)OCC. The van der Waals surface area contributed by atoms with Crippen LogP contribution in [-0.4, -0.2) is 55.0 Å². The minimum absolute atomic E-state index is 0.0755. The number of ether oxygens (including phenoxy) is 2. The van der Waals surface area contributed by atoms with Crippen molar-refractivity contribution in [3.63, 3.8) is 0 Å². The zero-order valence-electron chi connectivity index (χ0n) is 11.2. The molecule has 3 N–H and O–H groups in total. The van der Waals surface area contributed by atoms with Crippen LogP contribution in [0.15, 0.2) is 0 Å². The number of aliphatic hydroxyl groups is 2. The Morgan fingerprint density at radius 3 is 1.94 bits per heavy atom. The highest BCUT2D eigenvalue weighted by molar-refractivity contribution is 4.85. The lowest BCUT2D eigenvalue weighted by atomic mass is 9.98. The average Bonchev–Trinajstić information content (AvgIpc) is 2.36. The van der Waals surface area contributed by atoms with Crippen molar-refractivity contribution in [2.24, 2.45) is 0 Å².